The van der Waals surface area contributed by atoms with E-state index >= 15 is 0 Å². The standard InChI is InChI=1S/C11H14N2/c1-7(12)11-8(2)13-10-6-4-3-5-9(10)11/h3-7,13H,12H2,1-2H3/t7-/m1/s1. The van der Waals surface area contributed by atoms with Crippen LogP contribution in [0.4, 0.5) is 0 Å². The Labute approximate surface area is 77.8 Å². The van der Waals surface area contributed by atoms with Gasteiger partial charge in [-0.05, 0) is 25.5 Å². The molecule has 1 aromatic carbocycles. The van der Waals surface area contributed by atoms with Crippen LogP contribution in [0.1, 0.15) is 24.2 Å². The van der Waals surface area contributed by atoms with Crippen LogP contribution in [0, 0.1) is 6.92 Å². The number of hydrogen-bond acceptors (Lipinski definition) is 1. The predicted molar refractivity (Wildman–Crippen MR) is 55.6 cm³/mol. The lowest BCUT2D eigenvalue weighted by atomic mass is 10.1. The molecule has 1 heterocycles. The molecule has 0 aliphatic carbocycles. The number of nitrogens with two attached hydrogens (primary N) is 1. The van der Waals surface area contributed by atoms with Gasteiger partial charge in [0, 0.05) is 22.6 Å². The molecular weight excluding hydrogens is 160 g/mol. The highest BCUT2D eigenvalue weighted by molar-refractivity contribution is 5.84. The minimum Gasteiger partial charge on any atom is -0.358 e. The van der Waals surface area contributed by atoms with Gasteiger partial charge in [-0.25, -0.2) is 0 Å². The van der Waals surface area contributed by atoms with E-state index < -0.39 is 0 Å². The Morgan fingerprint density at radius 2 is 2.00 bits per heavy atom. The fourth-order valence-corrected chi connectivity index (χ4v) is 1.89. The van der Waals surface area contributed by atoms with Crippen LogP contribution in [0.2, 0.25) is 0 Å². The summed E-state index contributed by atoms with van der Waals surface area (Å²) in [6, 6.07) is 8.35. The van der Waals surface area contributed by atoms with Crippen molar-refractivity contribution >= 4 is 10.9 Å². The number of aromatic amines is 1. The maximum atomic E-state index is 5.91. The van der Waals surface area contributed by atoms with E-state index in [1.54, 1.807) is 0 Å². The lowest BCUT2D eigenvalue weighted by Gasteiger charge is -2.04. The minimum atomic E-state index is 0.0937. The topological polar surface area (TPSA) is 41.8 Å². The number of para-hydroxylation sites is 1. The number of aromatic nitrogens is 1. The number of nitrogens with one attached hydrogen (secondary N) is 1. The summed E-state index contributed by atoms with van der Waals surface area (Å²) in [6.07, 6.45) is 0. The molecule has 0 aliphatic rings. The van der Waals surface area contributed by atoms with Gasteiger partial charge in [0.25, 0.3) is 0 Å². The van der Waals surface area contributed by atoms with Crippen molar-refractivity contribution in [1.82, 2.24) is 4.98 Å². The molecule has 2 nitrogen and oxygen atoms in total. The Bertz CT molecular complexity index is 427. The van der Waals surface area contributed by atoms with Gasteiger partial charge in [-0.2, -0.15) is 0 Å². The van der Waals surface area contributed by atoms with Crippen LogP contribution in [-0.2, 0) is 0 Å². The maximum absolute atomic E-state index is 5.91. The molecule has 2 aromatic rings. The smallest absolute Gasteiger partial charge is 0.0459 e. The van der Waals surface area contributed by atoms with E-state index in [0.717, 1.165) is 0 Å². The summed E-state index contributed by atoms with van der Waals surface area (Å²) in [5, 5.41) is 1.25. The third-order valence-corrected chi connectivity index (χ3v) is 2.40. The van der Waals surface area contributed by atoms with Crippen molar-refractivity contribution in [2.24, 2.45) is 5.73 Å². The van der Waals surface area contributed by atoms with Gasteiger partial charge in [-0.3, -0.25) is 0 Å². The monoisotopic (exact) mass is 174 g/mol. The summed E-state index contributed by atoms with van der Waals surface area (Å²) < 4.78 is 0. The second-order valence-corrected chi connectivity index (χ2v) is 3.50. The van der Waals surface area contributed by atoms with Gasteiger partial charge >= 0.3 is 0 Å². The normalized spacial score (nSPS) is 13.5. The van der Waals surface area contributed by atoms with Gasteiger partial charge < -0.3 is 10.7 Å². The van der Waals surface area contributed by atoms with Crippen LogP contribution in [0.25, 0.3) is 10.9 Å². The quantitative estimate of drug-likeness (QED) is 0.685. The van der Waals surface area contributed by atoms with Crippen LogP contribution in [0.5, 0.6) is 0 Å². The summed E-state index contributed by atoms with van der Waals surface area (Å²) in [4.78, 5) is 3.33. The Kier molecular flexibility index (Phi) is 1.85. The van der Waals surface area contributed by atoms with Gasteiger partial charge in [-0.1, -0.05) is 18.2 Å². The van der Waals surface area contributed by atoms with Crippen molar-refractivity contribution in [3.63, 3.8) is 0 Å². The molecule has 0 bridgehead atoms. The van der Waals surface area contributed by atoms with Gasteiger partial charge in [0.05, 0.1) is 0 Å². The van der Waals surface area contributed by atoms with E-state index in [4.69, 9.17) is 5.73 Å². The van der Waals surface area contributed by atoms with Crippen molar-refractivity contribution in [3.05, 3.63) is 35.5 Å². The summed E-state index contributed by atoms with van der Waals surface area (Å²) >= 11 is 0. The maximum Gasteiger partial charge on any atom is 0.0459 e. The number of rotatable bonds is 1. The lowest BCUT2D eigenvalue weighted by Crippen LogP contribution is -2.05. The van der Waals surface area contributed by atoms with Crippen LogP contribution < -0.4 is 5.73 Å². The third-order valence-electron chi connectivity index (χ3n) is 2.40. The Morgan fingerprint density at radius 3 is 2.69 bits per heavy atom. The first-order valence-corrected chi connectivity index (χ1v) is 4.53. The second-order valence-electron chi connectivity index (χ2n) is 3.50. The molecule has 1 aromatic heterocycles. The molecule has 2 heteroatoms. The Hall–Kier alpha value is -1.28. The fourth-order valence-electron chi connectivity index (χ4n) is 1.89. The summed E-state index contributed by atoms with van der Waals surface area (Å²) in [7, 11) is 0. The highest BCUT2D eigenvalue weighted by Crippen LogP contribution is 2.25. The van der Waals surface area contributed by atoms with E-state index in [-0.39, 0.29) is 6.04 Å². The number of hydrogen-bond donors (Lipinski definition) is 2. The first-order chi connectivity index (χ1) is 6.20. The molecule has 0 spiro atoms. The van der Waals surface area contributed by atoms with E-state index in [1.807, 2.05) is 19.1 Å². The zero-order chi connectivity index (χ0) is 9.42. The largest absolute Gasteiger partial charge is 0.358 e. The number of aryl methyl sites for hydroxylation is 1. The summed E-state index contributed by atoms with van der Waals surface area (Å²) in [5.41, 5.74) is 9.49. The zero-order valence-electron chi connectivity index (χ0n) is 7.96. The van der Waals surface area contributed by atoms with Crippen molar-refractivity contribution in [1.29, 1.82) is 0 Å². The first-order valence-electron chi connectivity index (χ1n) is 4.53. The molecule has 0 unspecified atom stereocenters. The molecule has 0 amide bonds. The van der Waals surface area contributed by atoms with Crippen molar-refractivity contribution in [2.45, 2.75) is 19.9 Å². The van der Waals surface area contributed by atoms with E-state index in [1.165, 1.54) is 22.2 Å². The molecule has 2 rings (SSSR count). The minimum absolute atomic E-state index is 0.0937. The Balaban J connectivity index is 2.78. The van der Waals surface area contributed by atoms with Crippen LogP contribution in [0.3, 0.4) is 0 Å². The molecular formula is C11H14N2. The van der Waals surface area contributed by atoms with Gasteiger partial charge in [0.2, 0.25) is 0 Å². The molecule has 3 N–H and O–H groups in total. The third kappa shape index (κ3) is 1.23. The second kappa shape index (κ2) is 2.89. The molecule has 0 saturated heterocycles. The molecule has 13 heavy (non-hydrogen) atoms. The van der Waals surface area contributed by atoms with Crippen molar-refractivity contribution < 1.29 is 0 Å². The zero-order valence-corrected chi connectivity index (χ0v) is 7.96. The van der Waals surface area contributed by atoms with Crippen LogP contribution in [-0.4, -0.2) is 4.98 Å². The molecule has 0 radical (unpaired) electrons. The lowest BCUT2D eigenvalue weighted by molar-refractivity contribution is 0.817. The van der Waals surface area contributed by atoms with Gasteiger partial charge in [-0.15, -0.1) is 0 Å². The van der Waals surface area contributed by atoms with E-state index in [2.05, 4.69) is 24.0 Å². The van der Waals surface area contributed by atoms with Crippen LogP contribution >= 0.6 is 0 Å². The SMILES string of the molecule is Cc1[nH]c2ccccc2c1[C@@H](C)N. The van der Waals surface area contributed by atoms with Crippen LogP contribution in [0.15, 0.2) is 24.3 Å². The average Bonchev–Trinajstić information content (AvgIpc) is 2.39. The van der Waals surface area contributed by atoms with Crippen molar-refractivity contribution in [3.8, 4) is 0 Å². The highest BCUT2D eigenvalue weighted by Gasteiger charge is 2.10. The highest BCUT2D eigenvalue weighted by atomic mass is 14.7. The Morgan fingerprint density at radius 1 is 1.31 bits per heavy atom. The number of fused-ring (bicyclic) bond motifs is 1. The molecule has 1 atom stereocenters. The molecule has 68 valence electrons. The van der Waals surface area contributed by atoms with Crippen molar-refractivity contribution in [2.75, 3.05) is 0 Å². The summed E-state index contributed by atoms with van der Waals surface area (Å²) in [6.45, 7) is 4.08. The molecule has 0 aliphatic heterocycles. The van der Waals surface area contributed by atoms with Gasteiger partial charge in [0.1, 0.15) is 0 Å². The fraction of sp³-hybridized carbons (Fsp3) is 0.273. The average molecular weight is 174 g/mol. The first kappa shape index (κ1) is 8.32. The van der Waals surface area contributed by atoms with E-state index in [0.29, 0.717) is 0 Å². The molecule has 0 fully saturated rings. The van der Waals surface area contributed by atoms with Gasteiger partial charge in [0.15, 0.2) is 0 Å². The predicted octanol–water partition coefficient (Wildman–Crippen LogP) is 2.50. The van der Waals surface area contributed by atoms with E-state index in [9.17, 15) is 0 Å². The molecule has 0 saturated carbocycles. The number of H-pyrrole nitrogens is 1. The number of benzene rings is 1. The summed E-state index contributed by atoms with van der Waals surface area (Å²) in [5.74, 6) is 0.